The van der Waals surface area contributed by atoms with Gasteiger partial charge < -0.3 is 8.85 Å². The van der Waals surface area contributed by atoms with Crippen LogP contribution < -0.4 is 5.19 Å². The van der Waals surface area contributed by atoms with Crippen LogP contribution in [0, 0.1) is 0 Å². The van der Waals surface area contributed by atoms with Gasteiger partial charge in [-0.25, -0.2) is 0 Å². The van der Waals surface area contributed by atoms with Crippen molar-refractivity contribution in [2.24, 2.45) is 0 Å². The molecule has 2 aliphatic rings. The largest absolute Gasteiger partial charge is 0.416 e. The van der Waals surface area contributed by atoms with Gasteiger partial charge in [-0.15, -0.1) is 13.2 Å². The van der Waals surface area contributed by atoms with Crippen LogP contribution in [-0.4, -0.2) is 24.0 Å². The van der Waals surface area contributed by atoms with Gasteiger partial charge in [0.15, 0.2) is 0 Å². The van der Waals surface area contributed by atoms with Gasteiger partial charge in [0.05, 0.1) is 6.10 Å². The molecule has 0 bridgehead atoms. The van der Waals surface area contributed by atoms with Gasteiger partial charge in [-0.2, -0.15) is 0 Å². The van der Waals surface area contributed by atoms with E-state index in [9.17, 15) is 0 Å². The lowest BCUT2D eigenvalue weighted by molar-refractivity contribution is 0.169. The standard InChI is InChI=1S/C18H20OSi.C13H17OSi/c1-2-20(17-12-7-4-8-13-17)15-9-14-18(19-20)16-10-5-3-6-11-16;1-2-13(12-8-4-3-5-9-12)15-11-7-6-10-14-15/h2-8,10-13,18H,1,9,14-15H2;2-5,8-9,13H,1,6-7,10-11H2. The van der Waals surface area contributed by atoms with E-state index in [4.69, 9.17) is 8.85 Å². The number of hydrogen-bond acceptors (Lipinski definition) is 2. The van der Waals surface area contributed by atoms with Crippen molar-refractivity contribution in [3.63, 3.8) is 0 Å². The van der Waals surface area contributed by atoms with Crippen molar-refractivity contribution < 1.29 is 8.85 Å². The smallest absolute Gasteiger partial charge is 0.248 e. The topological polar surface area (TPSA) is 18.5 Å². The van der Waals surface area contributed by atoms with Gasteiger partial charge >= 0.3 is 0 Å². The molecule has 1 radical (unpaired) electrons. The van der Waals surface area contributed by atoms with Gasteiger partial charge in [-0.1, -0.05) is 116 Å². The Kier molecular flexibility index (Phi) is 9.49. The molecule has 5 rings (SSSR count). The zero-order valence-electron chi connectivity index (χ0n) is 20.7. The van der Waals surface area contributed by atoms with Gasteiger partial charge in [-0.3, -0.25) is 0 Å². The van der Waals surface area contributed by atoms with Crippen molar-refractivity contribution in [3.8, 4) is 0 Å². The summed E-state index contributed by atoms with van der Waals surface area (Å²) in [7, 11) is -2.72. The highest BCUT2D eigenvalue weighted by atomic mass is 28.4. The number of hydrogen-bond donors (Lipinski definition) is 0. The van der Waals surface area contributed by atoms with Crippen molar-refractivity contribution in [2.45, 2.75) is 49.4 Å². The van der Waals surface area contributed by atoms with Gasteiger partial charge in [0.2, 0.25) is 17.4 Å². The fraction of sp³-hybridized carbons (Fsp3) is 0.290. The Hall–Kier alpha value is -2.51. The van der Waals surface area contributed by atoms with E-state index in [1.807, 2.05) is 0 Å². The second-order valence-corrected chi connectivity index (χ2v) is 15.1. The second kappa shape index (κ2) is 13.0. The van der Waals surface area contributed by atoms with Crippen molar-refractivity contribution in [1.82, 2.24) is 0 Å². The predicted octanol–water partition coefficient (Wildman–Crippen LogP) is 7.41. The Morgan fingerprint density at radius 1 is 0.829 bits per heavy atom. The Labute approximate surface area is 214 Å². The third-order valence-electron chi connectivity index (χ3n) is 6.98. The zero-order valence-corrected chi connectivity index (χ0v) is 22.7. The molecule has 3 atom stereocenters. The molecule has 0 saturated carbocycles. The van der Waals surface area contributed by atoms with Crippen LogP contribution in [0.4, 0.5) is 0 Å². The van der Waals surface area contributed by atoms with Crippen LogP contribution in [-0.2, 0) is 8.85 Å². The summed E-state index contributed by atoms with van der Waals surface area (Å²) in [5.41, 5.74) is 5.22. The SMILES string of the molecule is C=CC(c1ccccc1)[Si]1CCCCO1.C=C[Si]1(c2ccccc2)CCCC(c2ccccc2)O1. The molecular weight excluding hydrogens is 461 g/mol. The summed E-state index contributed by atoms with van der Waals surface area (Å²) in [6.07, 6.45) is 7.16. The number of allylic oxidation sites excluding steroid dienone is 1. The summed E-state index contributed by atoms with van der Waals surface area (Å²) in [6.45, 7) is 9.01. The normalized spacial score (nSPS) is 23.4. The molecule has 0 amide bonds. The van der Waals surface area contributed by atoms with Crippen LogP contribution in [0.1, 0.15) is 48.5 Å². The molecule has 2 nitrogen and oxygen atoms in total. The molecule has 3 aromatic rings. The van der Waals surface area contributed by atoms with Crippen LogP contribution in [0.5, 0.6) is 0 Å². The fourth-order valence-corrected chi connectivity index (χ4v) is 10.9. The van der Waals surface area contributed by atoms with Crippen molar-refractivity contribution >= 4 is 22.5 Å². The summed E-state index contributed by atoms with van der Waals surface area (Å²) in [4.78, 5) is 0. The van der Waals surface area contributed by atoms with Crippen molar-refractivity contribution in [1.29, 1.82) is 0 Å². The fourth-order valence-electron chi connectivity index (χ4n) is 5.06. The van der Waals surface area contributed by atoms with Crippen molar-refractivity contribution in [2.75, 3.05) is 6.61 Å². The first-order valence-corrected chi connectivity index (χ1v) is 16.7. The van der Waals surface area contributed by atoms with E-state index in [1.54, 1.807) is 0 Å². The molecule has 3 unspecified atom stereocenters. The zero-order chi connectivity index (χ0) is 24.3. The average Bonchev–Trinajstić information content (AvgIpc) is 2.96. The Morgan fingerprint density at radius 2 is 1.49 bits per heavy atom. The summed E-state index contributed by atoms with van der Waals surface area (Å²) in [5, 5.41) is 1.34. The molecule has 4 heteroatoms. The first kappa shape index (κ1) is 25.6. The maximum absolute atomic E-state index is 6.62. The van der Waals surface area contributed by atoms with E-state index in [0.717, 1.165) is 19.1 Å². The lowest BCUT2D eigenvalue weighted by Crippen LogP contribution is -2.51. The van der Waals surface area contributed by atoms with Crippen molar-refractivity contribution in [3.05, 3.63) is 127 Å². The minimum atomic E-state index is -2.01. The highest BCUT2D eigenvalue weighted by Gasteiger charge is 2.39. The summed E-state index contributed by atoms with van der Waals surface area (Å²) in [5.74, 6) is 0. The molecule has 2 saturated heterocycles. The van der Waals surface area contributed by atoms with Crippen LogP contribution in [0.2, 0.25) is 12.1 Å². The van der Waals surface area contributed by atoms with Crippen LogP contribution in [0.25, 0.3) is 0 Å². The van der Waals surface area contributed by atoms with E-state index in [1.165, 1.54) is 41.6 Å². The molecule has 181 valence electrons. The van der Waals surface area contributed by atoms with E-state index >= 15 is 0 Å². The minimum absolute atomic E-state index is 0.217. The van der Waals surface area contributed by atoms with Gasteiger partial charge in [0, 0.05) is 12.1 Å². The first-order valence-electron chi connectivity index (χ1n) is 12.8. The molecule has 3 aromatic carbocycles. The molecule has 2 fully saturated rings. The lowest BCUT2D eigenvalue weighted by Gasteiger charge is -2.38. The Morgan fingerprint density at radius 3 is 2.09 bits per heavy atom. The van der Waals surface area contributed by atoms with E-state index in [2.05, 4.69) is 116 Å². The first-order chi connectivity index (χ1) is 17.3. The lowest BCUT2D eigenvalue weighted by atomic mass is 10.1. The third-order valence-corrected chi connectivity index (χ3v) is 13.4. The van der Waals surface area contributed by atoms with Crippen LogP contribution >= 0.6 is 0 Å². The molecule has 0 spiro atoms. The molecule has 0 N–H and O–H groups in total. The molecule has 0 aromatic heterocycles. The maximum Gasteiger partial charge on any atom is 0.248 e. The quantitative estimate of drug-likeness (QED) is 0.261. The minimum Gasteiger partial charge on any atom is -0.416 e. The monoisotopic (exact) mass is 497 g/mol. The Bertz CT molecular complexity index is 1040. The summed E-state index contributed by atoms with van der Waals surface area (Å²) in [6, 6.07) is 34.2. The predicted molar refractivity (Wildman–Crippen MR) is 151 cm³/mol. The van der Waals surface area contributed by atoms with Gasteiger partial charge in [0.25, 0.3) is 0 Å². The number of rotatable bonds is 6. The third kappa shape index (κ3) is 6.59. The van der Waals surface area contributed by atoms with Crippen LogP contribution in [0.3, 0.4) is 0 Å². The molecule has 35 heavy (non-hydrogen) atoms. The van der Waals surface area contributed by atoms with E-state index < -0.39 is 17.4 Å². The van der Waals surface area contributed by atoms with E-state index in [-0.39, 0.29) is 6.10 Å². The van der Waals surface area contributed by atoms with Crippen LogP contribution in [0.15, 0.2) is 116 Å². The molecule has 2 aliphatic heterocycles. The number of benzene rings is 3. The molecule has 2 heterocycles. The molecule has 0 aliphatic carbocycles. The molecular formula is C31H37O2Si2. The Balaban J connectivity index is 0.000000172. The van der Waals surface area contributed by atoms with Gasteiger partial charge in [-0.05, 0) is 41.2 Å². The second-order valence-electron chi connectivity index (χ2n) is 9.26. The maximum atomic E-state index is 6.62. The highest BCUT2D eigenvalue weighted by molar-refractivity contribution is 6.90. The summed E-state index contributed by atoms with van der Waals surface area (Å²) >= 11 is 0. The average molecular weight is 498 g/mol. The highest BCUT2D eigenvalue weighted by Crippen LogP contribution is 2.35. The van der Waals surface area contributed by atoms with E-state index in [0.29, 0.717) is 5.54 Å². The van der Waals surface area contributed by atoms with Gasteiger partial charge in [0.1, 0.15) is 0 Å². The summed E-state index contributed by atoms with van der Waals surface area (Å²) < 4.78 is 12.5.